The lowest BCUT2D eigenvalue weighted by molar-refractivity contribution is 0.0941. The molecule has 3 aromatic carbocycles. The molecule has 0 radical (unpaired) electrons. The van der Waals surface area contributed by atoms with E-state index in [9.17, 15) is 13.2 Å². The van der Waals surface area contributed by atoms with Crippen LogP contribution in [0.2, 0.25) is 0 Å². The first kappa shape index (κ1) is 26.1. The number of para-hydroxylation sites is 1. The molecule has 1 amide bonds. The van der Waals surface area contributed by atoms with Gasteiger partial charge in [-0.1, -0.05) is 24.3 Å². The molecule has 1 atom stereocenters. The highest BCUT2D eigenvalue weighted by Crippen LogP contribution is 2.31. The fourth-order valence-electron chi connectivity index (χ4n) is 3.66. The number of likely N-dealkylation sites (N-methyl/N-ethyl adjacent to an activating group) is 1. The second kappa shape index (κ2) is 11.2. The lowest BCUT2D eigenvalue weighted by Gasteiger charge is -2.26. The molecule has 3 aromatic rings. The van der Waals surface area contributed by atoms with Gasteiger partial charge in [-0.05, 0) is 68.2 Å². The Morgan fingerprint density at radius 3 is 2.09 bits per heavy atom. The third kappa shape index (κ3) is 5.93. The molecule has 9 heteroatoms. The van der Waals surface area contributed by atoms with E-state index < -0.39 is 10.0 Å². The smallest absolute Gasteiger partial charge is 0.264 e. The highest BCUT2D eigenvalue weighted by molar-refractivity contribution is 7.92. The van der Waals surface area contributed by atoms with Crippen LogP contribution >= 0.6 is 0 Å². The van der Waals surface area contributed by atoms with E-state index in [1.807, 2.05) is 43.3 Å². The van der Waals surface area contributed by atoms with Crippen molar-refractivity contribution in [2.24, 2.45) is 0 Å². The minimum absolute atomic E-state index is 0.108. The minimum Gasteiger partial charge on any atom is -0.493 e. The summed E-state index contributed by atoms with van der Waals surface area (Å²) in [5.41, 5.74) is 1.88. The molecule has 0 saturated heterocycles. The quantitative estimate of drug-likeness (QED) is 0.461. The zero-order chi connectivity index (χ0) is 25.6. The molecule has 0 aliphatic heterocycles. The number of nitrogens with one attached hydrogen (secondary N) is 1. The van der Waals surface area contributed by atoms with Gasteiger partial charge in [0.25, 0.3) is 15.9 Å². The Morgan fingerprint density at radius 1 is 0.886 bits per heavy atom. The van der Waals surface area contributed by atoms with Gasteiger partial charge in [0.1, 0.15) is 0 Å². The second-order valence-corrected chi connectivity index (χ2v) is 10.1. The van der Waals surface area contributed by atoms with Gasteiger partial charge in [0, 0.05) is 19.2 Å². The van der Waals surface area contributed by atoms with Crippen LogP contribution in [-0.2, 0) is 10.0 Å². The number of rotatable bonds is 10. The molecule has 0 heterocycles. The number of carbonyl (C=O) groups is 1. The summed E-state index contributed by atoms with van der Waals surface area (Å²) in [6.07, 6.45) is 0. The molecule has 1 N–H and O–H groups in total. The number of anilines is 1. The maximum atomic E-state index is 13.0. The fraction of sp³-hybridized carbons (Fsp3) is 0.269. The molecule has 0 spiro atoms. The summed E-state index contributed by atoms with van der Waals surface area (Å²) in [7, 11) is 4.77. The van der Waals surface area contributed by atoms with Gasteiger partial charge in [0.15, 0.2) is 11.5 Å². The average Bonchev–Trinajstić information content (AvgIpc) is 2.88. The van der Waals surface area contributed by atoms with Gasteiger partial charge in [-0.3, -0.25) is 9.10 Å². The summed E-state index contributed by atoms with van der Waals surface area (Å²) >= 11 is 0. The van der Waals surface area contributed by atoms with E-state index in [-0.39, 0.29) is 16.8 Å². The SMILES string of the molecule is COc1ccc([C@@H](CNC(=O)c2ccc(S(=O)(=O)N(C)c3ccccc3)cc2)N(C)C)cc1OC. The van der Waals surface area contributed by atoms with Gasteiger partial charge in [-0.2, -0.15) is 0 Å². The predicted molar refractivity (Wildman–Crippen MR) is 137 cm³/mol. The molecule has 186 valence electrons. The molecule has 0 unspecified atom stereocenters. The summed E-state index contributed by atoms with van der Waals surface area (Å²) in [6.45, 7) is 0.345. The fourth-order valence-corrected chi connectivity index (χ4v) is 4.86. The van der Waals surface area contributed by atoms with E-state index in [2.05, 4.69) is 5.32 Å². The van der Waals surface area contributed by atoms with Crippen LogP contribution < -0.4 is 19.1 Å². The van der Waals surface area contributed by atoms with Gasteiger partial charge in [0.2, 0.25) is 0 Å². The first-order valence-corrected chi connectivity index (χ1v) is 12.4. The zero-order valence-corrected chi connectivity index (χ0v) is 21.4. The Kier molecular flexibility index (Phi) is 8.37. The van der Waals surface area contributed by atoms with Gasteiger partial charge in [-0.25, -0.2) is 8.42 Å². The normalized spacial score (nSPS) is 12.2. The number of ether oxygens (including phenoxy) is 2. The predicted octanol–water partition coefficient (Wildman–Crippen LogP) is 3.56. The Balaban J connectivity index is 1.72. The number of hydrogen-bond donors (Lipinski definition) is 1. The van der Waals surface area contributed by atoms with Gasteiger partial charge < -0.3 is 19.7 Å². The number of carbonyl (C=O) groups excluding carboxylic acids is 1. The maximum Gasteiger partial charge on any atom is 0.264 e. The minimum atomic E-state index is -3.75. The maximum absolute atomic E-state index is 13.0. The molecular weight excluding hydrogens is 466 g/mol. The summed E-state index contributed by atoms with van der Waals surface area (Å²) in [6, 6.07) is 20.3. The van der Waals surface area contributed by atoms with Crippen molar-refractivity contribution in [3.8, 4) is 11.5 Å². The lowest BCUT2D eigenvalue weighted by atomic mass is 10.0. The van der Waals surface area contributed by atoms with E-state index in [4.69, 9.17) is 9.47 Å². The van der Waals surface area contributed by atoms with Crippen LogP contribution in [0.3, 0.4) is 0 Å². The standard InChI is InChI=1S/C26H31N3O5S/c1-28(2)23(20-13-16-24(33-4)25(17-20)34-5)18-27-26(30)19-11-14-22(15-12-19)35(31,32)29(3)21-9-7-6-8-10-21/h6-17,23H,18H2,1-5H3,(H,27,30)/t23-/m1/s1. The molecular formula is C26H31N3O5S. The molecule has 8 nitrogen and oxygen atoms in total. The first-order valence-electron chi connectivity index (χ1n) is 11.0. The highest BCUT2D eigenvalue weighted by Gasteiger charge is 2.22. The topological polar surface area (TPSA) is 88.2 Å². The van der Waals surface area contributed by atoms with Crippen LogP contribution in [0.15, 0.2) is 77.7 Å². The van der Waals surface area contributed by atoms with Crippen LogP contribution in [0.25, 0.3) is 0 Å². The summed E-state index contributed by atoms with van der Waals surface area (Å²) in [5, 5.41) is 2.94. The molecule has 0 bridgehead atoms. The molecule has 0 aliphatic carbocycles. The number of sulfonamides is 1. The van der Waals surface area contributed by atoms with Gasteiger partial charge in [-0.15, -0.1) is 0 Å². The molecule has 0 saturated carbocycles. The van der Waals surface area contributed by atoms with Crippen LogP contribution in [0.1, 0.15) is 22.0 Å². The van der Waals surface area contributed by atoms with E-state index in [1.54, 1.807) is 38.5 Å². The number of benzene rings is 3. The van der Waals surface area contributed by atoms with E-state index >= 15 is 0 Å². The monoisotopic (exact) mass is 497 g/mol. The van der Waals surface area contributed by atoms with Crippen molar-refractivity contribution in [3.63, 3.8) is 0 Å². The summed E-state index contributed by atoms with van der Waals surface area (Å²) < 4.78 is 37.8. The van der Waals surface area contributed by atoms with Crippen molar-refractivity contribution in [2.75, 3.05) is 46.2 Å². The van der Waals surface area contributed by atoms with Crippen molar-refractivity contribution >= 4 is 21.6 Å². The molecule has 35 heavy (non-hydrogen) atoms. The van der Waals surface area contributed by atoms with E-state index in [0.717, 1.165) is 5.56 Å². The Hall–Kier alpha value is -3.56. The number of amides is 1. The van der Waals surface area contributed by atoms with Gasteiger partial charge >= 0.3 is 0 Å². The second-order valence-electron chi connectivity index (χ2n) is 8.14. The average molecular weight is 498 g/mol. The van der Waals surface area contributed by atoms with Crippen molar-refractivity contribution < 1.29 is 22.7 Å². The van der Waals surface area contributed by atoms with Crippen molar-refractivity contribution in [2.45, 2.75) is 10.9 Å². The Labute approximate surface area is 207 Å². The Bertz CT molecular complexity index is 1250. The van der Waals surface area contributed by atoms with E-state index in [0.29, 0.717) is 29.3 Å². The van der Waals surface area contributed by atoms with Crippen molar-refractivity contribution in [1.29, 1.82) is 0 Å². The number of methoxy groups -OCH3 is 2. The summed E-state index contributed by atoms with van der Waals surface area (Å²) in [4.78, 5) is 14.9. The molecule has 3 rings (SSSR count). The number of hydrogen-bond acceptors (Lipinski definition) is 6. The largest absolute Gasteiger partial charge is 0.493 e. The van der Waals surface area contributed by atoms with Crippen LogP contribution in [0, 0.1) is 0 Å². The Morgan fingerprint density at radius 2 is 1.51 bits per heavy atom. The molecule has 0 aliphatic rings. The van der Waals surface area contributed by atoms with Crippen molar-refractivity contribution in [3.05, 3.63) is 83.9 Å². The third-order valence-electron chi connectivity index (χ3n) is 5.77. The van der Waals surface area contributed by atoms with Crippen LogP contribution in [0.5, 0.6) is 11.5 Å². The van der Waals surface area contributed by atoms with Crippen LogP contribution in [-0.4, -0.2) is 61.1 Å². The summed E-state index contributed by atoms with van der Waals surface area (Å²) in [5.74, 6) is 0.948. The number of nitrogens with zero attached hydrogens (tertiary/aromatic N) is 2. The van der Waals surface area contributed by atoms with Crippen LogP contribution in [0.4, 0.5) is 5.69 Å². The molecule has 0 fully saturated rings. The lowest BCUT2D eigenvalue weighted by Crippen LogP contribution is -2.34. The first-order chi connectivity index (χ1) is 16.7. The van der Waals surface area contributed by atoms with E-state index in [1.165, 1.54) is 35.6 Å². The third-order valence-corrected chi connectivity index (χ3v) is 7.57. The molecule has 0 aromatic heterocycles. The highest BCUT2D eigenvalue weighted by atomic mass is 32.2. The van der Waals surface area contributed by atoms with Crippen molar-refractivity contribution in [1.82, 2.24) is 10.2 Å². The zero-order valence-electron chi connectivity index (χ0n) is 20.6. The van der Waals surface area contributed by atoms with Gasteiger partial charge in [0.05, 0.1) is 30.8 Å².